The van der Waals surface area contributed by atoms with Gasteiger partial charge in [0.15, 0.2) is 0 Å². The number of aliphatic hydroxyl groups is 2. The minimum Gasteiger partial charge on any atom is -0.393 e. The number of ether oxygens (including phenoxy) is 1. The van der Waals surface area contributed by atoms with Crippen molar-refractivity contribution < 1.29 is 14.9 Å². The highest BCUT2D eigenvalue weighted by atomic mass is 16.6. The molecule has 0 spiro atoms. The number of nitrogen functional groups attached to an aromatic ring is 1. The Morgan fingerprint density at radius 1 is 1.74 bits per heavy atom. The fraction of sp³-hybridized carbons (Fsp3) is 0.545. The summed E-state index contributed by atoms with van der Waals surface area (Å²) >= 11 is 0. The van der Waals surface area contributed by atoms with Gasteiger partial charge in [0.05, 0.1) is 25.2 Å². The average molecular weight is 266 g/mol. The van der Waals surface area contributed by atoms with Gasteiger partial charge < -0.3 is 20.7 Å². The van der Waals surface area contributed by atoms with Crippen molar-refractivity contribution in [2.75, 3.05) is 12.3 Å². The van der Waals surface area contributed by atoms with Crippen LogP contribution >= 0.6 is 0 Å². The number of nitriles is 1. The maximum absolute atomic E-state index is 11.7. The molecule has 0 amide bonds. The zero-order valence-electron chi connectivity index (χ0n) is 10.1. The molecule has 3 atom stereocenters. The van der Waals surface area contributed by atoms with Gasteiger partial charge in [-0.05, 0) is 6.07 Å². The number of anilines is 1. The van der Waals surface area contributed by atoms with Crippen molar-refractivity contribution in [1.82, 2.24) is 9.55 Å². The first-order valence-electron chi connectivity index (χ1n) is 5.71. The van der Waals surface area contributed by atoms with Gasteiger partial charge in [0.2, 0.25) is 0 Å². The molecule has 1 fully saturated rings. The van der Waals surface area contributed by atoms with E-state index in [0.717, 1.165) is 0 Å². The van der Waals surface area contributed by atoms with Crippen molar-refractivity contribution in [3.63, 3.8) is 0 Å². The number of rotatable bonds is 3. The molecule has 2 rings (SSSR count). The summed E-state index contributed by atoms with van der Waals surface area (Å²) in [5.74, 6) is 0.0882. The molecule has 0 aliphatic carbocycles. The van der Waals surface area contributed by atoms with Crippen LogP contribution in [0.15, 0.2) is 17.1 Å². The van der Waals surface area contributed by atoms with Crippen molar-refractivity contribution in [2.45, 2.75) is 30.8 Å². The van der Waals surface area contributed by atoms with E-state index in [9.17, 15) is 15.0 Å². The lowest BCUT2D eigenvalue weighted by molar-refractivity contribution is -0.125. The Morgan fingerprint density at radius 3 is 3.05 bits per heavy atom. The van der Waals surface area contributed by atoms with E-state index in [4.69, 9.17) is 15.7 Å². The third-order valence-electron chi connectivity index (χ3n) is 3.21. The minimum atomic E-state index is -1.36. The normalized spacial score (nSPS) is 30.2. The van der Waals surface area contributed by atoms with Gasteiger partial charge in [-0.25, -0.2) is 4.79 Å². The second kappa shape index (κ2) is 4.97. The van der Waals surface area contributed by atoms with Gasteiger partial charge in [-0.3, -0.25) is 4.57 Å². The molecule has 19 heavy (non-hydrogen) atoms. The molecular weight excluding hydrogens is 252 g/mol. The van der Waals surface area contributed by atoms with Crippen LogP contribution in [0, 0.1) is 11.3 Å². The summed E-state index contributed by atoms with van der Waals surface area (Å²) in [5, 5.41) is 28.0. The first-order valence-corrected chi connectivity index (χ1v) is 5.71. The number of nitrogens with zero attached hydrogens (tertiary/aromatic N) is 3. The molecule has 1 aromatic heterocycles. The number of aliphatic hydroxyl groups excluding tert-OH is 2. The fourth-order valence-corrected chi connectivity index (χ4v) is 2.11. The van der Waals surface area contributed by atoms with E-state index >= 15 is 0 Å². The number of hydrogen-bond donors (Lipinski definition) is 3. The molecule has 102 valence electrons. The first kappa shape index (κ1) is 13.5. The fourth-order valence-electron chi connectivity index (χ4n) is 2.11. The number of nitrogens with two attached hydrogens (primary N) is 1. The molecule has 0 bridgehead atoms. The lowest BCUT2D eigenvalue weighted by Gasteiger charge is -2.27. The molecule has 8 heteroatoms. The summed E-state index contributed by atoms with van der Waals surface area (Å²) < 4.78 is 6.69. The van der Waals surface area contributed by atoms with Gasteiger partial charge in [-0.1, -0.05) is 0 Å². The molecular formula is C11H14N4O4. The van der Waals surface area contributed by atoms with Crippen LogP contribution in [0.25, 0.3) is 0 Å². The van der Waals surface area contributed by atoms with Gasteiger partial charge in [-0.15, -0.1) is 0 Å². The van der Waals surface area contributed by atoms with Crippen LogP contribution in [0.2, 0.25) is 0 Å². The monoisotopic (exact) mass is 266 g/mol. The predicted octanol–water partition coefficient (Wildman–Crippen LogP) is -1.25. The van der Waals surface area contributed by atoms with E-state index in [1.54, 1.807) is 0 Å². The predicted molar refractivity (Wildman–Crippen MR) is 63.7 cm³/mol. The summed E-state index contributed by atoms with van der Waals surface area (Å²) in [7, 11) is 0. The number of aromatic nitrogens is 2. The van der Waals surface area contributed by atoms with E-state index in [-0.39, 0.29) is 18.7 Å². The summed E-state index contributed by atoms with van der Waals surface area (Å²) in [6.07, 6.45) is -0.490. The van der Waals surface area contributed by atoms with Crippen molar-refractivity contribution in [3.8, 4) is 6.07 Å². The molecule has 0 saturated carbocycles. The molecule has 0 radical (unpaired) electrons. The van der Waals surface area contributed by atoms with Crippen molar-refractivity contribution in [1.29, 1.82) is 5.26 Å². The van der Waals surface area contributed by atoms with Gasteiger partial charge in [-0.2, -0.15) is 10.2 Å². The molecule has 1 saturated heterocycles. The van der Waals surface area contributed by atoms with E-state index in [0.29, 0.717) is 0 Å². The second-order valence-electron chi connectivity index (χ2n) is 4.42. The second-order valence-corrected chi connectivity index (χ2v) is 4.42. The molecule has 1 aliphatic rings. The molecule has 1 aliphatic heterocycles. The zero-order valence-corrected chi connectivity index (χ0v) is 10.1. The van der Waals surface area contributed by atoms with E-state index < -0.39 is 30.2 Å². The summed E-state index contributed by atoms with van der Waals surface area (Å²) in [5.41, 5.74) is 3.41. The van der Waals surface area contributed by atoms with E-state index in [2.05, 4.69) is 4.98 Å². The SMILES string of the molecule is N#CC[C@]1(CO)O[C@@H](n2ccc(N)nc2=O)C[C@@H]1O. The Morgan fingerprint density at radius 2 is 2.47 bits per heavy atom. The third-order valence-corrected chi connectivity index (χ3v) is 3.21. The van der Waals surface area contributed by atoms with Gasteiger partial charge in [0, 0.05) is 12.6 Å². The van der Waals surface area contributed by atoms with Crippen LogP contribution in [0.1, 0.15) is 19.1 Å². The smallest absolute Gasteiger partial charge is 0.351 e. The van der Waals surface area contributed by atoms with Crippen LogP contribution < -0.4 is 11.4 Å². The molecule has 1 aromatic rings. The maximum Gasteiger partial charge on any atom is 0.351 e. The van der Waals surface area contributed by atoms with Crippen molar-refractivity contribution >= 4 is 5.82 Å². The lowest BCUT2D eigenvalue weighted by Crippen LogP contribution is -2.43. The standard InChI is InChI=1S/C11H14N4O4/c12-3-2-11(6-16)7(17)5-9(19-11)15-4-1-8(13)14-10(15)18/h1,4,7,9,16-17H,2,5-6H2,(H2,13,14,18)/t7-,9+,11+/m0/s1. The van der Waals surface area contributed by atoms with Gasteiger partial charge in [0.1, 0.15) is 17.6 Å². The van der Waals surface area contributed by atoms with E-state index in [1.165, 1.54) is 16.8 Å². The summed E-state index contributed by atoms with van der Waals surface area (Å²) in [6.45, 7) is -0.505. The quantitative estimate of drug-likeness (QED) is 0.622. The van der Waals surface area contributed by atoms with Gasteiger partial charge >= 0.3 is 5.69 Å². The average Bonchev–Trinajstić information content (AvgIpc) is 2.67. The van der Waals surface area contributed by atoms with Crippen LogP contribution in [-0.2, 0) is 4.74 Å². The van der Waals surface area contributed by atoms with Crippen LogP contribution in [0.5, 0.6) is 0 Å². The largest absolute Gasteiger partial charge is 0.393 e. The minimum absolute atomic E-state index is 0.0882. The molecule has 4 N–H and O–H groups in total. The van der Waals surface area contributed by atoms with Crippen molar-refractivity contribution in [3.05, 3.63) is 22.7 Å². The van der Waals surface area contributed by atoms with Gasteiger partial charge in [0.25, 0.3) is 0 Å². The van der Waals surface area contributed by atoms with E-state index in [1.807, 2.05) is 6.07 Å². The molecule has 0 aromatic carbocycles. The number of hydrogen-bond acceptors (Lipinski definition) is 7. The Balaban J connectivity index is 2.30. The summed E-state index contributed by atoms with van der Waals surface area (Å²) in [6, 6.07) is 3.29. The highest BCUT2D eigenvalue weighted by molar-refractivity contribution is 5.23. The highest BCUT2D eigenvalue weighted by Gasteiger charge is 2.48. The first-order chi connectivity index (χ1) is 9.02. The van der Waals surface area contributed by atoms with Crippen LogP contribution in [-0.4, -0.2) is 38.1 Å². The topological polar surface area (TPSA) is 134 Å². The third kappa shape index (κ3) is 2.31. The highest BCUT2D eigenvalue weighted by Crippen LogP contribution is 2.37. The molecule has 8 nitrogen and oxygen atoms in total. The Labute approximate surface area is 108 Å². The summed E-state index contributed by atoms with van der Waals surface area (Å²) in [4.78, 5) is 15.2. The molecule has 0 unspecified atom stereocenters. The zero-order chi connectivity index (χ0) is 14.0. The Kier molecular flexibility index (Phi) is 3.53. The maximum atomic E-state index is 11.7. The lowest BCUT2D eigenvalue weighted by atomic mass is 9.94. The van der Waals surface area contributed by atoms with Crippen LogP contribution in [0.3, 0.4) is 0 Å². The van der Waals surface area contributed by atoms with Crippen molar-refractivity contribution in [2.24, 2.45) is 0 Å². The molecule has 2 heterocycles. The Bertz CT molecular complexity index is 567. The van der Waals surface area contributed by atoms with Crippen LogP contribution in [0.4, 0.5) is 5.82 Å². The Hall–Kier alpha value is -1.95.